The van der Waals surface area contributed by atoms with Gasteiger partial charge >= 0.3 is 0 Å². The number of carbonyl (C=O) groups excluding carboxylic acids is 1. The Balaban J connectivity index is 2.06. The summed E-state index contributed by atoms with van der Waals surface area (Å²) in [5, 5.41) is 11.9. The summed E-state index contributed by atoms with van der Waals surface area (Å²) < 4.78 is 4.95. The molecule has 104 valence electrons. The molecule has 0 saturated carbocycles. The van der Waals surface area contributed by atoms with Crippen molar-refractivity contribution >= 4 is 5.91 Å². The number of ether oxygens (including phenoxy) is 1. The van der Waals surface area contributed by atoms with Crippen LogP contribution in [0.1, 0.15) is 34.3 Å². The van der Waals surface area contributed by atoms with Gasteiger partial charge in [0.25, 0.3) is 5.91 Å². The van der Waals surface area contributed by atoms with Crippen molar-refractivity contribution in [2.75, 3.05) is 20.3 Å². The van der Waals surface area contributed by atoms with Crippen LogP contribution in [0.25, 0.3) is 0 Å². The third-order valence-corrected chi connectivity index (χ3v) is 3.53. The fraction of sp³-hybridized carbons (Fsp3) is 0.533. The quantitative estimate of drug-likeness (QED) is 0.842. The van der Waals surface area contributed by atoms with Gasteiger partial charge in [-0.05, 0) is 48.9 Å². The molecular weight excluding hydrogens is 242 g/mol. The van der Waals surface area contributed by atoms with Crippen molar-refractivity contribution in [1.82, 2.24) is 5.32 Å². The van der Waals surface area contributed by atoms with Gasteiger partial charge in [0.1, 0.15) is 0 Å². The third-order valence-electron chi connectivity index (χ3n) is 3.53. The van der Waals surface area contributed by atoms with E-state index in [4.69, 9.17) is 9.84 Å². The van der Waals surface area contributed by atoms with Crippen LogP contribution in [0, 0.1) is 0 Å². The maximum atomic E-state index is 12.1. The minimum atomic E-state index is -0.353. The summed E-state index contributed by atoms with van der Waals surface area (Å²) in [6.07, 6.45) is 4.60. The molecule has 2 rings (SSSR count). The first kappa shape index (κ1) is 14.0. The van der Waals surface area contributed by atoms with Crippen molar-refractivity contribution in [2.45, 2.75) is 31.7 Å². The second-order valence-corrected chi connectivity index (χ2v) is 5.00. The van der Waals surface area contributed by atoms with E-state index < -0.39 is 0 Å². The SMILES string of the molecule is COCC(CO)NC(=O)c1ccc2c(c1)CCCC2. The van der Waals surface area contributed by atoms with Crippen LogP contribution in [0.15, 0.2) is 18.2 Å². The lowest BCUT2D eigenvalue weighted by molar-refractivity contribution is 0.0839. The van der Waals surface area contributed by atoms with Crippen LogP contribution in [0.5, 0.6) is 0 Å². The number of aliphatic hydroxyl groups excluding tert-OH is 1. The summed E-state index contributed by atoms with van der Waals surface area (Å²) in [6.45, 7) is 0.192. The average molecular weight is 263 g/mol. The Kier molecular flexibility index (Phi) is 4.93. The predicted octanol–water partition coefficient (Wildman–Crippen LogP) is 1.30. The Labute approximate surface area is 113 Å². The number of benzene rings is 1. The fourth-order valence-corrected chi connectivity index (χ4v) is 2.48. The largest absolute Gasteiger partial charge is 0.394 e. The van der Waals surface area contributed by atoms with Gasteiger partial charge < -0.3 is 15.2 Å². The van der Waals surface area contributed by atoms with Gasteiger partial charge in [0.2, 0.25) is 0 Å². The van der Waals surface area contributed by atoms with E-state index in [2.05, 4.69) is 5.32 Å². The standard InChI is InChI=1S/C15H21NO3/c1-19-10-14(9-17)16-15(18)13-7-6-11-4-2-3-5-12(11)8-13/h6-8,14,17H,2-5,9-10H2,1H3,(H,16,18). The third kappa shape index (κ3) is 3.55. The summed E-state index contributed by atoms with van der Waals surface area (Å²) in [5.74, 6) is -0.149. The van der Waals surface area contributed by atoms with E-state index in [1.165, 1.54) is 24.0 Å². The maximum Gasteiger partial charge on any atom is 0.251 e. The van der Waals surface area contributed by atoms with Gasteiger partial charge in [-0.15, -0.1) is 0 Å². The molecule has 0 fully saturated rings. The van der Waals surface area contributed by atoms with Crippen LogP contribution in [0.2, 0.25) is 0 Å². The molecular formula is C15H21NO3. The number of nitrogens with one attached hydrogen (secondary N) is 1. The minimum absolute atomic E-state index is 0.121. The first-order valence-corrected chi connectivity index (χ1v) is 6.77. The van der Waals surface area contributed by atoms with Gasteiger partial charge in [-0.25, -0.2) is 0 Å². The highest BCUT2D eigenvalue weighted by molar-refractivity contribution is 5.94. The van der Waals surface area contributed by atoms with Crippen molar-refractivity contribution in [2.24, 2.45) is 0 Å². The second kappa shape index (κ2) is 6.68. The van der Waals surface area contributed by atoms with Crippen LogP contribution in [-0.4, -0.2) is 37.4 Å². The number of methoxy groups -OCH3 is 1. The first-order valence-electron chi connectivity index (χ1n) is 6.77. The number of aliphatic hydroxyl groups is 1. The van der Waals surface area contributed by atoms with Gasteiger partial charge in [-0.3, -0.25) is 4.79 Å². The average Bonchev–Trinajstić information content (AvgIpc) is 2.46. The van der Waals surface area contributed by atoms with E-state index in [-0.39, 0.29) is 18.6 Å². The van der Waals surface area contributed by atoms with Crippen molar-refractivity contribution in [1.29, 1.82) is 0 Å². The molecule has 1 aliphatic rings. The molecule has 0 aliphatic heterocycles. The van der Waals surface area contributed by atoms with Crippen LogP contribution in [-0.2, 0) is 17.6 Å². The van der Waals surface area contributed by atoms with Crippen molar-refractivity contribution in [3.63, 3.8) is 0 Å². The number of hydrogen-bond donors (Lipinski definition) is 2. The molecule has 1 aromatic rings. The molecule has 1 aliphatic carbocycles. The highest BCUT2D eigenvalue weighted by atomic mass is 16.5. The summed E-state index contributed by atoms with van der Waals surface area (Å²) in [5.41, 5.74) is 3.31. The second-order valence-electron chi connectivity index (χ2n) is 5.00. The van der Waals surface area contributed by atoms with Gasteiger partial charge in [-0.1, -0.05) is 6.07 Å². The molecule has 1 amide bonds. The smallest absolute Gasteiger partial charge is 0.251 e. The molecule has 4 nitrogen and oxygen atoms in total. The molecule has 0 spiro atoms. The zero-order valence-corrected chi connectivity index (χ0v) is 11.3. The van der Waals surface area contributed by atoms with E-state index in [9.17, 15) is 4.79 Å². The molecule has 1 unspecified atom stereocenters. The minimum Gasteiger partial charge on any atom is -0.394 e. The zero-order chi connectivity index (χ0) is 13.7. The Morgan fingerprint density at radius 1 is 1.37 bits per heavy atom. The molecule has 4 heteroatoms. The lowest BCUT2D eigenvalue weighted by Crippen LogP contribution is -2.40. The lowest BCUT2D eigenvalue weighted by Gasteiger charge is -2.18. The van der Waals surface area contributed by atoms with Crippen LogP contribution in [0.3, 0.4) is 0 Å². The van der Waals surface area contributed by atoms with E-state index in [0.29, 0.717) is 12.2 Å². The van der Waals surface area contributed by atoms with E-state index in [1.807, 2.05) is 18.2 Å². The number of hydrogen-bond acceptors (Lipinski definition) is 3. The Morgan fingerprint density at radius 3 is 2.79 bits per heavy atom. The van der Waals surface area contributed by atoms with Gasteiger partial charge in [0.15, 0.2) is 0 Å². The van der Waals surface area contributed by atoms with E-state index in [0.717, 1.165) is 12.8 Å². The number of carbonyl (C=O) groups is 1. The van der Waals surface area contributed by atoms with Crippen LogP contribution in [0.4, 0.5) is 0 Å². The molecule has 1 atom stereocenters. The number of fused-ring (bicyclic) bond motifs is 1. The molecule has 0 radical (unpaired) electrons. The molecule has 0 heterocycles. The number of rotatable bonds is 5. The Morgan fingerprint density at radius 2 is 2.11 bits per heavy atom. The van der Waals surface area contributed by atoms with Crippen LogP contribution >= 0.6 is 0 Å². The van der Waals surface area contributed by atoms with Gasteiger partial charge in [0.05, 0.1) is 19.3 Å². The zero-order valence-electron chi connectivity index (χ0n) is 11.3. The molecule has 2 N–H and O–H groups in total. The fourth-order valence-electron chi connectivity index (χ4n) is 2.48. The predicted molar refractivity (Wildman–Crippen MR) is 73.3 cm³/mol. The molecule has 0 bridgehead atoms. The first-order chi connectivity index (χ1) is 9.24. The Hall–Kier alpha value is -1.39. The van der Waals surface area contributed by atoms with Gasteiger partial charge in [0, 0.05) is 12.7 Å². The number of amides is 1. The van der Waals surface area contributed by atoms with Crippen LogP contribution < -0.4 is 5.32 Å². The van der Waals surface area contributed by atoms with Crippen molar-refractivity contribution < 1.29 is 14.6 Å². The van der Waals surface area contributed by atoms with E-state index in [1.54, 1.807) is 7.11 Å². The number of aryl methyl sites for hydroxylation is 2. The summed E-state index contributed by atoms with van der Waals surface area (Å²) >= 11 is 0. The van der Waals surface area contributed by atoms with Crippen molar-refractivity contribution in [3.05, 3.63) is 34.9 Å². The summed E-state index contributed by atoms with van der Waals surface area (Å²) in [6, 6.07) is 5.54. The maximum absolute atomic E-state index is 12.1. The Bertz CT molecular complexity index is 445. The molecule has 0 saturated heterocycles. The van der Waals surface area contributed by atoms with Gasteiger partial charge in [-0.2, -0.15) is 0 Å². The highest BCUT2D eigenvalue weighted by Crippen LogP contribution is 2.22. The van der Waals surface area contributed by atoms with Crippen molar-refractivity contribution in [3.8, 4) is 0 Å². The normalized spacial score (nSPS) is 15.7. The lowest BCUT2D eigenvalue weighted by atomic mass is 9.90. The monoisotopic (exact) mass is 263 g/mol. The molecule has 1 aromatic carbocycles. The molecule has 0 aromatic heterocycles. The molecule has 19 heavy (non-hydrogen) atoms. The summed E-state index contributed by atoms with van der Waals surface area (Å²) in [4.78, 5) is 12.1. The topological polar surface area (TPSA) is 58.6 Å². The summed E-state index contributed by atoms with van der Waals surface area (Å²) in [7, 11) is 1.55. The van der Waals surface area contributed by atoms with E-state index >= 15 is 0 Å². The highest BCUT2D eigenvalue weighted by Gasteiger charge is 2.15.